The van der Waals surface area contributed by atoms with E-state index in [1.807, 2.05) is 0 Å². The average Bonchev–Trinajstić information content (AvgIpc) is 3.22. The van der Waals surface area contributed by atoms with Crippen LogP contribution in [0.25, 0.3) is 0 Å². The van der Waals surface area contributed by atoms with Crippen LogP contribution in [0.2, 0.25) is 0 Å². The minimum Gasteiger partial charge on any atom is -0.453 e. The Kier molecular flexibility index (Phi) is 4.61. The number of hydrogen-bond donors (Lipinski definition) is 1. The van der Waals surface area contributed by atoms with Gasteiger partial charge in [0.15, 0.2) is 0 Å². The fraction of sp³-hybridized carbons (Fsp3) is 0.750. The highest BCUT2D eigenvalue weighted by molar-refractivity contribution is 5.68. The molecule has 4 aliphatic rings. The van der Waals surface area contributed by atoms with Gasteiger partial charge in [0.05, 0.1) is 26.4 Å². The van der Waals surface area contributed by atoms with Crippen LogP contribution in [0.3, 0.4) is 0 Å². The lowest BCUT2D eigenvalue weighted by Crippen LogP contribution is -2.47. The van der Waals surface area contributed by atoms with E-state index < -0.39 is 0 Å². The van der Waals surface area contributed by atoms with Gasteiger partial charge in [-0.3, -0.25) is 4.90 Å². The molecule has 3 fully saturated rings. The fourth-order valence-electron chi connectivity index (χ4n) is 6.25. The Morgan fingerprint density at radius 2 is 2.08 bits per heavy atom. The van der Waals surface area contributed by atoms with Crippen molar-refractivity contribution in [2.24, 2.45) is 22.7 Å². The minimum atomic E-state index is -0.351. The molecule has 6 atom stereocenters. The van der Waals surface area contributed by atoms with Gasteiger partial charge in [-0.2, -0.15) is 0 Å². The third kappa shape index (κ3) is 2.31. The maximum atomic E-state index is 12.1. The van der Waals surface area contributed by atoms with E-state index in [0.29, 0.717) is 5.92 Å². The zero-order valence-corrected chi connectivity index (χ0v) is 15.9. The molecular formula is C20H30N2O4. The topological polar surface area (TPSA) is 60.0 Å². The summed E-state index contributed by atoms with van der Waals surface area (Å²) in [5.74, 6) is 0.639. The molecule has 1 aliphatic heterocycles. The van der Waals surface area contributed by atoms with Crippen molar-refractivity contribution in [1.29, 1.82) is 0 Å². The molecule has 0 aromatic carbocycles. The van der Waals surface area contributed by atoms with Crippen molar-refractivity contribution in [3.8, 4) is 0 Å². The van der Waals surface area contributed by atoms with Gasteiger partial charge in [0.2, 0.25) is 0 Å². The predicted octanol–water partition coefficient (Wildman–Crippen LogP) is 1.83. The zero-order chi connectivity index (χ0) is 18.4. The fourth-order valence-corrected chi connectivity index (χ4v) is 6.25. The molecule has 1 spiro atoms. The number of alkyl carbamates (subject to hydrolysis) is 1. The van der Waals surface area contributed by atoms with Gasteiger partial charge in [0, 0.05) is 43.0 Å². The first-order chi connectivity index (χ1) is 12.6. The number of methoxy groups -OCH3 is 2. The minimum absolute atomic E-state index is 0.0108. The summed E-state index contributed by atoms with van der Waals surface area (Å²) in [6.07, 6.45) is 9.70. The summed E-state index contributed by atoms with van der Waals surface area (Å²) >= 11 is 0. The van der Waals surface area contributed by atoms with Gasteiger partial charge in [0.25, 0.3) is 0 Å². The van der Waals surface area contributed by atoms with Gasteiger partial charge in [0.1, 0.15) is 0 Å². The Bertz CT molecular complexity index is 615. The van der Waals surface area contributed by atoms with Crippen LogP contribution in [0.1, 0.15) is 13.3 Å². The molecule has 1 heterocycles. The van der Waals surface area contributed by atoms with Crippen LogP contribution < -0.4 is 5.32 Å². The van der Waals surface area contributed by atoms with Crippen LogP contribution in [-0.4, -0.2) is 70.2 Å². The van der Waals surface area contributed by atoms with E-state index in [1.54, 1.807) is 7.11 Å². The van der Waals surface area contributed by atoms with E-state index in [1.165, 1.54) is 7.11 Å². The largest absolute Gasteiger partial charge is 0.453 e. The van der Waals surface area contributed by atoms with Crippen molar-refractivity contribution >= 4 is 6.09 Å². The lowest BCUT2D eigenvalue weighted by Gasteiger charge is -2.33. The lowest BCUT2D eigenvalue weighted by molar-refractivity contribution is 0.0252. The molecule has 3 aliphatic carbocycles. The number of allylic oxidation sites excluding steroid dienone is 3. The van der Waals surface area contributed by atoms with Crippen LogP contribution >= 0.6 is 0 Å². The number of carbonyl (C=O) groups excluding carboxylic acids is 1. The summed E-state index contributed by atoms with van der Waals surface area (Å²) in [5, 5.41) is 3.16. The number of rotatable bonds is 5. The number of carbonyl (C=O) groups is 1. The molecule has 1 N–H and O–H groups in total. The molecular weight excluding hydrogens is 332 g/mol. The number of hydrogen-bond acceptors (Lipinski definition) is 5. The number of nitrogens with zero attached hydrogens (tertiary/aromatic N) is 1. The number of morpholine rings is 1. The molecule has 0 aromatic heterocycles. The maximum absolute atomic E-state index is 12.1. The molecule has 26 heavy (non-hydrogen) atoms. The SMILES string of the molecule is COC(=O)N[C@@H]1[C@@H](C)[C@H](OC)[C@]23C=CC=C[C@H]2[C@]13CCN1CCOCC1. The molecule has 0 aromatic rings. The molecule has 1 amide bonds. The van der Waals surface area contributed by atoms with Crippen molar-refractivity contribution in [1.82, 2.24) is 10.2 Å². The van der Waals surface area contributed by atoms with E-state index in [-0.39, 0.29) is 35.0 Å². The molecule has 0 unspecified atom stereocenters. The summed E-state index contributed by atoms with van der Waals surface area (Å²) < 4.78 is 16.4. The molecule has 0 radical (unpaired) electrons. The number of amides is 1. The van der Waals surface area contributed by atoms with E-state index >= 15 is 0 Å². The number of fused-ring (bicyclic) bond motifs is 1. The number of nitrogens with one attached hydrogen (secondary N) is 1. The molecule has 6 heteroatoms. The second-order valence-corrected chi connectivity index (χ2v) is 8.03. The van der Waals surface area contributed by atoms with E-state index in [9.17, 15) is 4.79 Å². The molecule has 144 valence electrons. The van der Waals surface area contributed by atoms with Crippen LogP contribution in [0, 0.1) is 22.7 Å². The van der Waals surface area contributed by atoms with Gasteiger partial charge in [-0.05, 0) is 18.9 Å². The van der Waals surface area contributed by atoms with Gasteiger partial charge in [-0.1, -0.05) is 31.2 Å². The Labute approximate surface area is 155 Å². The molecule has 6 nitrogen and oxygen atoms in total. The Morgan fingerprint density at radius 1 is 1.31 bits per heavy atom. The monoisotopic (exact) mass is 362 g/mol. The highest BCUT2D eigenvalue weighted by atomic mass is 16.5. The van der Waals surface area contributed by atoms with Crippen molar-refractivity contribution in [3.05, 3.63) is 24.3 Å². The van der Waals surface area contributed by atoms with Crippen LogP contribution in [-0.2, 0) is 14.2 Å². The Morgan fingerprint density at radius 3 is 2.77 bits per heavy atom. The average molecular weight is 362 g/mol. The second-order valence-electron chi connectivity index (χ2n) is 8.03. The highest BCUT2D eigenvalue weighted by Crippen LogP contribution is 2.82. The summed E-state index contributed by atoms with van der Waals surface area (Å²) in [4.78, 5) is 14.6. The van der Waals surface area contributed by atoms with E-state index in [2.05, 4.69) is 41.4 Å². The summed E-state index contributed by atoms with van der Waals surface area (Å²) in [6.45, 7) is 6.79. The van der Waals surface area contributed by atoms with Crippen LogP contribution in [0.15, 0.2) is 24.3 Å². The van der Waals surface area contributed by atoms with E-state index in [0.717, 1.165) is 39.3 Å². The van der Waals surface area contributed by atoms with Gasteiger partial charge >= 0.3 is 6.09 Å². The first-order valence-electron chi connectivity index (χ1n) is 9.65. The van der Waals surface area contributed by atoms with Gasteiger partial charge in [-0.15, -0.1) is 0 Å². The normalized spacial score (nSPS) is 43.7. The zero-order valence-electron chi connectivity index (χ0n) is 15.9. The third-order valence-electron chi connectivity index (χ3n) is 7.27. The summed E-state index contributed by atoms with van der Waals surface area (Å²) in [6, 6.07) is 0.0401. The number of ether oxygens (including phenoxy) is 3. The van der Waals surface area contributed by atoms with Crippen LogP contribution in [0.5, 0.6) is 0 Å². The summed E-state index contributed by atoms with van der Waals surface area (Å²) in [7, 11) is 3.23. The van der Waals surface area contributed by atoms with Crippen LogP contribution in [0.4, 0.5) is 4.79 Å². The third-order valence-corrected chi connectivity index (χ3v) is 7.27. The smallest absolute Gasteiger partial charge is 0.407 e. The second kappa shape index (κ2) is 6.66. The van der Waals surface area contributed by atoms with Crippen molar-refractivity contribution in [3.63, 3.8) is 0 Å². The van der Waals surface area contributed by atoms with Gasteiger partial charge < -0.3 is 19.5 Å². The standard InChI is InChI=1S/C20H30N2O4/c1-14-16(21-18(23)25-3)19(8-9-22-10-12-26-13-11-22)15-6-4-5-7-20(15,19)17(14)24-2/h4-7,14-17H,8-13H2,1-3H3,(H,21,23)/t14-,15+,16-,17+,19-,20+/m1/s1. The lowest BCUT2D eigenvalue weighted by atomic mass is 9.84. The quantitative estimate of drug-likeness (QED) is 0.809. The molecule has 4 rings (SSSR count). The maximum Gasteiger partial charge on any atom is 0.407 e. The van der Waals surface area contributed by atoms with Crippen molar-refractivity contribution in [2.45, 2.75) is 25.5 Å². The Hall–Kier alpha value is -1.37. The summed E-state index contributed by atoms with van der Waals surface area (Å²) in [5.41, 5.74) is -0.0308. The highest BCUT2D eigenvalue weighted by Gasteiger charge is 2.85. The first-order valence-corrected chi connectivity index (χ1v) is 9.65. The molecule has 2 saturated carbocycles. The molecule has 1 saturated heterocycles. The first kappa shape index (κ1) is 18.0. The Balaban J connectivity index is 1.63. The van der Waals surface area contributed by atoms with E-state index in [4.69, 9.17) is 14.2 Å². The van der Waals surface area contributed by atoms with Crippen molar-refractivity contribution in [2.75, 3.05) is 47.1 Å². The predicted molar refractivity (Wildman–Crippen MR) is 97.8 cm³/mol. The van der Waals surface area contributed by atoms with Gasteiger partial charge in [-0.25, -0.2) is 4.79 Å². The molecule has 0 bridgehead atoms. The van der Waals surface area contributed by atoms with Crippen molar-refractivity contribution < 1.29 is 19.0 Å².